The Kier molecular flexibility index (Phi) is 1.25. The molecule has 2 aliphatic heterocycles. The monoisotopic (exact) mass is 169 g/mol. The molecule has 1 N–H and O–H groups in total. The molecule has 1 spiro atoms. The first-order chi connectivity index (χ1) is 5.62. The van der Waals surface area contributed by atoms with E-state index in [1.807, 2.05) is 0 Å². The Balaban J connectivity index is 2.27. The van der Waals surface area contributed by atoms with Crippen LogP contribution >= 0.6 is 0 Å². The molecule has 0 unspecified atom stereocenters. The van der Waals surface area contributed by atoms with Gasteiger partial charge < -0.3 is 10.1 Å². The normalized spacial score (nSPS) is 34.2. The molecule has 0 aliphatic carbocycles. The fourth-order valence-corrected chi connectivity index (χ4v) is 1.57. The molecule has 1 amide bonds. The van der Waals surface area contributed by atoms with Gasteiger partial charge in [-0.2, -0.15) is 0 Å². The quantitative estimate of drug-likeness (QED) is 0.371. The van der Waals surface area contributed by atoms with Gasteiger partial charge in [0, 0.05) is 13.0 Å². The van der Waals surface area contributed by atoms with Gasteiger partial charge in [0.05, 0.1) is 6.42 Å². The first-order valence-electron chi connectivity index (χ1n) is 3.64. The Bertz CT molecular complexity index is 281. The van der Waals surface area contributed by atoms with Crippen LogP contribution in [0.4, 0.5) is 0 Å². The van der Waals surface area contributed by atoms with E-state index < -0.39 is 17.4 Å². The van der Waals surface area contributed by atoms with Gasteiger partial charge in [-0.25, -0.2) is 0 Å². The fraction of sp³-hybridized carbons (Fsp3) is 0.571. The molecular weight excluding hydrogens is 162 g/mol. The Morgan fingerprint density at radius 3 is 2.42 bits per heavy atom. The molecule has 0 aromatic carbocycles. The van der Waals surface area contributed by atoms with Crippen molar-refractivity contribution in [3.05, 3.63) is 0 Å². The van der Waals surface area contributed by atoms with E-state index in [2.05, 4.69) is 10.1 Å². The number of nitrogens with one attached hydrogen (secondary N) is 1. The van der Waals surface area contributed by atoms with E-state index in [-0.39, 0.29) is 25.3 Å². The summed E-state index contributed by atoms with van der Waals surface area (Å²) < 4.78 is 4.38. The van der Waals surface area contributed by atoms with Crippen molar-refractivity contribution in [1.82, 2.24) is 5.32 Å². The molecule has 0 bridgehead atoms. The lowest BCUT2D eigenvalue weighted by Crippen LogP contribution is -2.28. The summed E-state index contributed by atoms with van der Waals surface area (Å²) in [5, 5.41) is 2.51. The minimum absolute atomic E-state index is 0.0323. The van der Waals surface area contributed by atoms with Gasteiger partial charge in [-0.05, 0) is 0 Å². The average molecular weight is 169 g/mol. The largest absolute Gasteiger partial charge is 0.393 e. The number of cyclic esters (lactones) is 2. The van der Waals surface area contributed by atoms with Crippen LogP contribution < -0.4 is 5.32 Å². The van der Waals surface area contributed by atoms with Crippen molar-refractivity contribution in [2.24, 2.45) is 5.41 Å². The third-order valence-corrected chi connectivity index (χ3v) is 2.25. The second-order valence-corrected chi connectivity index (χ2v) is 3.17. The van der Waals surface area contributed by atoms with E-state index in [0.717, 1.165) is 0 Å². The molecule has 0 saturated carbocycles. The number of carbonyl (C=O) groups excluding carboxylic acids is 3. The van der Waals surface area contributed by atoms with Crippen LogP contribution in [0.2, 0.25) is 0 Å². The number of amides is 1. The Morgan fingerprint density at radius 2 is 2.00 bits per heavy atom. The highest BCUT2D eigenvalue weighted by atomic mass is 16.6. The number of esters is 2. The van der Waals surface area contributed by atoms with E-state index in [1.165, 1.54) is 0 Å². The summed E-state index contributed by atoms with van der Waals surface area (Å²) in [4.78, 5) is 32.7. The van der Waals surface area contributed by atoms with E-state index in [4.69, 9.17) is 0 Å². The zero-order chi connectivity index (χ0) is 8.77. The molecular formula is C7H7NO4. The van der Waals surface area contributed by atoms with Crippen molar-refractivity contribution < 1.29 is 19.1 Å². The van der Waals surface area contributed by atoms with Crippen LogP contribution in [0.15, 0.2) is 0 Å². The molecule has 0 aromatic rings. The van der Waals surface area contributed by atoms with E-state index in [9.17, 15) is 14.4 Å². The highest BCUT2D eigenvalue weighted by molar-refractivity contribution is 6.01. The van der Waals surface area contributed by atoms with Crippen LogP contribution in [0.25, 0.3) is 0 Å². The van der Waals surface area contributed by atoms with Gasteiger partial charge >= 0.3 is 11.9 Å². The van der Waals surface area contributed by atoms with Crippen LogP contribution in [0.3, 0.4) is 0 Å². The molecule has 1 atom stereocenters. The molecule has 5 heteroatoms. The van der Waals surface area contributed by atoms with Crippen LogP contribution in [-0.4, -0.2) is 24.4 Å². The summed E-state index contributed by atoms with van der Waals surface area (Å²) in [6, 6.07) is 0. The molecule has 2 saturated heterocycles. The second kappa shape index (κ2) is 2.06. The molecule has 12 heavy (non-hydrogen) atoms. The van der Waals surface area contributed by atoms with Crippen molar-refractivity contribution in [3.63, 3.8) is 0 Å². The number of ether oxygens (including phenoxy) is 1. The van der Waals surface area contributed by atoms with Gasteiger partial charge in [0.25, 0.3) is 0 Å². The number of rotatable bonds is 0. The van der Waals surface area contributed by atoms with Gasteiger partial charge in [-0.1, -0.05) is 0 Å². The van der Waals surface area contributed by atoms with Gasteiger partial charge in [-0.15, -0.1) is 0 Å². The smallest absolute Gasteiger partial charge is 0.322 e. The number of carbonyl (C=O) groups is 3. The fourth-order valence-electron chi connectivity index (χ4n) is 1.57. The molecule has 5 nitrogen and oxygen atoms in total. The lowest BCUT2D eigenvalue weighted by atomic mass is 9.86. The summed E-state index contributed by atoms with van der Waals surface area (Å²) in [6.45, 7) is 0.233. The summed E-state index contributed by atoms with van der Waals surface area (Å²) in [5.74, 6) is -1.29. The standard InChI is InChI=1S/C7H7NO4/c9-4-1-7(3-8-4)2-5(10)12-6(7)11/h1-3H2,(H,8,9)/t7-/m1/s1. The topological polar surface area (TPSA) is 72.5 Å². The minimum atomic E-state index is -0.881. The highest BCUT2D eigenvalue weighted by Gasteiger charge is 2.53. The van der Waals surface area contributed by atoms with Crippen molar-refractivity contribution in [2.75, 3.05) is 6.54 Å². The van der Waals surface area contributed by atoms with Gasteiger partial charge in [-0.3, -0.25) is 14.4 Å². The van der Waals surface area contributed by atoms with Gasteiger partial charge in [0.15, 0.2) is 0 Å². The van der Waals surface area contributed by atoms with Crippen molar-refractivity contribution in [2.45, 2.75) is 12.8 Å². The van der Waals surface area contributed by atoms with Crippen molar-refractivity contribution in [1.29, 1.82) is 0 Å². The second-order valence-electron chi connectivity index (χ2n) is 3.17. The average Bonchev–Trinajstić information content (AvgIpc) is 2.43. The van der Waals surface area contributed by atoms with Crippen LogP contribution in [0.1, 0.15) is 12.8 Å². The maximum atomic E-state index is 11.1. The number of hydrogen-bond donors (Lipinski definition) is 1. The maximum absolute atomic E-state index is 11.1. The van der Waals surface area contributed by atoms with Crippen LogP contribution in [0.5, 0.6) is 0 Å². The van der Waals surface area contributed by atoms with Gasteiger partial charge in [0.1, 0.15) is 5.41 Å². The predicted molar refractivity (Wildman–Crippen MR) is 35.8 cm³/mol. The predicted octanol–water partition coefficient (Wildman–Crippen LogP) is -1.03. The summed E-state index contributed by atoms with van der Waals surface area (Å²) in [6.07, 6.45) is 0.113. The Labute approximate surface area is 68.1 Å². The Morgan fingerprint density at radius 1 is 1.25 bits per heavy atom. The molecule has 0 radical (unpaired) electrons. The third-order valence-electron chi connectivity index (χ3n) is 2.25. The summed E-state index contributed by atoms with van der Waals surface area (Å²) in [5.41, 5.74) is -0.881. The van der Waals surface area contributed by atoms with Crippen LogP contribution in [0, 0.1) is 5.41 Å². The molecule has 64 valence electrons. The Hall–Kier alpha value is -1.39. The van der Waals surface area contributed by atoms with Crippen molar-refractivity contribution in [3.8, 4) is 0 Å². The van der Waals surface area contributed by atoms with Gasteiger partial charge in [0.2, 0.25) is 5.91 Å². The zero-order valence-corrected chi connectivity index (χ0v) is 6.25. The lowest BCUT2D eigenvalue weighted by Gasteiger charge is -2.11. The van der Waals surface area contributed by atoms with Crippen LogP contribution in [-0.2, 0) is 19.1 Å². The zero-order valence-electron chi connectivity index (χ0n) is 6.25. The highest BCUT2D eigenvalue weighted by Crippen LogP contribution is 2.36. The lowest BCUT2D eigenvalue weighted by molar-refractivity contribution is -0.155. The molecule has 2 aliphatic rings. The minimum Gasteiger partial charge on any atom is -0.393 e. The van der Waals surface area contributed by atoms with E-state index >= 15 is 0 Å². The first kappa shape index (κ1) is 7.27. The molecule has 0 aromatic heterocycles. The first-order valence-corrected chi connectivity index (χ1v) is 3.64. The molecule has 2 fully saturated rings. The SMILES string of the molecule is O=C1C[C@]2(CN1)CC(=O)OC2=O. The number of hydrogen-bond acceptors (Lipinski definition) is 4. The summed E-state index contributed by atoms with van der Waals surface area (Å²) >= 11 is 0. The molecule has 2 heterocycles. The molecule has 2 rings (SSSR count). The third kappa shape index (κ3) is 0.823. The van der Waals surface area contributed by atoms with E-state index in [0.29, 0.717) is 0 Å². The summed E-state index contributed by atoms with van der Waals surface area (Å²) in [7, 11) is 0. The van der Waals surface area contributed by atoms with Crippen molar-refractivity contribution >= 4 is 17.8 Å². The maximum Gasteiger partial charge on any atom is 0.322 e. The van der Waals surface area contributed by atoms with E-state index in [1.54, 1.807) is 0 Å².